The lowest BCUT2D eigenvalue weighted by Gasteiger charge is -2.17. The molecule has 0 bridgehead atoms. The predicted molar refractivity (Wildman–Crippen MR) is 117 cm³/mol. The molecular weight excluding hydrogens is 469 g/mol. The van der Waals surface area contributed by atoms with E-state index in [-0.39, 0.29) is 11.4 Å². The van der Waals surface area contributed by atoms with Crippen molar-refractivity contribution in [2.75, 3.05) is 0 Å². The van der Waals surface area contributed by atoms with Crippen LogP contribution in [0, 0.1) is 11.3 Å². The summed E-state index contributed by atoms with van der Waals surface area (Å²) in [5, 5.41) is 10.6. The third-order valence-electron chi connectivity index (χ3n) is 5.76. The van der Waals surface area contributed by atoms with Crippen LogP contribution in [0.3, 0.4) is 0 Å². The first-order valence-corrected chi connectivity index (χ1v) is 11.8. The van der Waals surface area contributed by atoms with Crippen molar-refractivity contribution in [1.29, 1.82) is 5.26 Å². The maximum absolute atomic E-state index is 12.8. The minimum absolute atomic E-state index is 0.0477. The van der Waals surface area contributed by atoms with Crippen LogP contribution in [-0.4, -0.2) is 40.2 Å². The Morgan fingerprint density at radius 1 is 1.21 bits per heavy atom. The highest BCUT2D eigenvalue weighted by Gasteiger charge is 2.39. The van der Waals surface area contributed by atoms with E-state index in [0.29, 0.717) is 29.6 Å². The molecular formula is C22H17F3N6O2S. The number of nitriles is 1. The Balaban J connectivity index is 1.60. The molecule has 0 spiro atoms. The fraction of sp³-hybridized carbons (Fsp3) is 0.273. The average molecular weight is 486 g/mol. The minimum atomic E-state index is -4.74. The lowest BCUT2D eigenvalue weighted by molar-refractivity contribution is -0.147. The van der Waals surface area contributed by atoms with Crippen LogP contribution in [0.1, 0.15) is 36.8 Å². The molecule has 3 heterocycles. The summed E-state index contributed by atoms with van der Waals surface area (Å²) >= 11 is 0. The molecule has 12 heteroatoms. The first kappa shape index (κ1) is 22.2. The SMILES string of the molecule is CC(NS(=O)(=O)c1cnc(-c2c(C#N)c3cc(C4CC4)cnc3n2C2=CC=C2)nc1)C(F)(F)F. The fourth-order valence-electron chi connectivity index (χ4n) is 3.67. The highest BCUT2D eigenvalue weighted by atomic mass is 32.2. The summed E-state index contributed by atoms with van der Waals surface area (Å²) in [6.45, 7) is 0.702. The zero-order chi connectivity index (χ0) is 24.3. The Labute approximate surface area is 192 Å². The van der Waals surface area contributed by atoms with Crippen LogP contribution >= 0.6 is 0 Å². The first-order chi connectivity index (χ1) is 16.1. The summed E-state index contributed by atoms with van der Waals surface area (Å²) < 4.78 is 66.4. The van der Waals surface area contributed by atoms with Crippen molar-refractivity contribution >= 4 is 26.8 Å². The molecule has 0 radical (unpaired) electrons. The zero-order valence-corrected chi connectivity index (χ0v) is 18.5. The zero-order valence-electron chi connectivity index (χ0n) is 17.7. The van der Waals surface area contributed by atoms with Crippen LogP contribution in [0.2, 0.25) is 0 Å². The first-order valence-electron chi connectivity index (χ1n) is 10.3. The molecule has 1 saturated carbocycles. The fourth-order valence-corrected chi connectivity index (χ4v) is 4.79. The second kappa shape index (κ2) is 7.75. The van der Waals surface area contributed by atoms with E-state index in [0.717, 1.165) is 36.5 Å². The molecule has 0 aliphatic heterocycles. The van der Waals surface area contributed by atoms with Crippen molar-refractivity contribution in [3.63, 3.8) is 0 Å². The molecule has 0 amide bonds. The van der Waals surface area contributed by atoms with Gasteiger partial charge in [-0.25, -0.2) is 23.4 Å². The van der Waals surface area contributed by atoms with Crippen molar-refractivity contribution in [1.82, 2.24) is 24.2 Å². The van der Waals surface area contributed by atoms with Gasteiger partial charge in [0.15, 0.2) is 5.82 Å². The Bertz CT molecular complexity index is 1510. The molecule has 3 aromatic heterocycles. The second-order valence-corrected chi connectivity index (χ2v) is 9.88. The number of nitrogens with one attached hydrogen (secondary N) is 1. The molecule has 0 saturated heterocycles. The van der Waals surface area contributed by atoms with Crippen molar-refractivity contribution in [3.8, 4) is 17.6 Å². The van der Waals surface area contributed by atoms with Gasteiger partial charge in [0, 0.05) is 17.3 Å². The molecule has 1 N–H and O–H groups in total. The molecule has 1 atom stereocenters. The summed E-state index contributed by atoms with van der Waals surface area (Å²) in [6, 6.07) is 1.84. The maximum atomic E-state index is 12.8. The van der Waals surface area contributed by atoms with E-state index in [2.05, 4.69) is 21.0 Å². The molecule has 34 heavy (non-hydrogen) atoms. The number of fused-ring (bicyclic) bond motifs is 1. The molecule has 8 nitrogen and oxygen atoms in total. The lowest BCUT2D eigenvalue weighted by atomic mass is 10.1. The highest BCUT2D eigenvalue weighted by molar-refractivity contribution is 7.89. The Hall–Kier alpha value is -3.56. The van der Waals surface area contributed by atoms with Gasteiger partial charge in [0.1, 0.15) is 28.3 Å². The number of hydrogen-bond acceptors (Lipinski definition) is 6. The third kappa shape index (κ3) is 3.76. The van der Waals surface area contributed by atoms with Gasteiger partial charge in [0.25, 0.3) is 0 Å². The molecule has 2 aliphatic carbocycles. The number of allylic oxidation sites excluding steroid dienone is 4. The van der Waals surface area contributed by atoms with E-state index < -0.39 is 27.1 Å². The molecule has 2 aliphatic rings. The van der Waals surface area contributed by atoms with Gasteiger partial charge in [-0.05, 0) is 49.5 Å². The van der Waals surface area contributed by atoms with E-state index in [4.69, 9.17) is 0 Å². The van der Waals surface area contributed by atoms with Gasteiger partial charge in [0.2, 0.25) is 10.0 Å². The van der Waals surface area contributed by atoms with Crippen LogP contribution < -0.4 is 4.72 Å². The summed E-state index contributed by atoms with van der Waals surface area (Å²) in [7, 11) is -4.51. The number of rotatable bonds is 6. The molecule has 1 unspecified atom stereocenters. The standard InChI is InChI=1S/C22H17F3N6O2S/c1-12(22(23,24)25)30-34(32,33)16-10-27-20(28-11-16)19-18(8-26)17-7-14(13-5-6-13)9-29-21(17)31(19)15-3-2-4-15/h2-4,7,9-13,30H,5-6H2,1H3. The van der Waals surface area contributed by atoms with E-state index in [1.165, 1.54) is 0 Å². The number of aromatic nitrogens is 4. The van der Waals surface area contributed by atoms with Gasteiger partial charge in [-0.15, -0.1) is 0 Å². The van der Waals surface area contributed by atoms with Crippen LogP contribution in [-0.2, 0) is 10.0 Å². The van der Waals surface area contributed by atoms with E-state index in [1.54, 1.807) is 15.5 Å². The molecule has 0 aromatic carbocycles. The van der Waals surface area contributed by atoms with E-state index >= 15 is 0 Å². The van der Waals surface area contributed by atoms with E-state index in [1.807, 2.05) is 24.3 Å². The molecule has 5 rings (SSSR count). The summed E-state index contributed by atoms with van der Waals surface area (Å²) in [6.07, 6.45) is 6.48. The van der Waals surface area contributed by atoms with Gasteiger partial charge in [-0.1, -0.05) is 6.08 Å². The van der Waals surface area contributed by atoms with Crippen LogP contribution in [0.5, 0.6) is 0 Å². The van der Waals surface area contributed by atoms with Gasteiger partial charge >= 0.3 is 6.18 Å². The van der Waals surface area contributed by atoms with Crippen LogP contribution in [0.15, 0.2) is 47.8 Å². The van der Waals surface area contributed by atoms with Crippen LogP contribution in [0.25, 0.3) is 28.2 Å². The Morgan fingerprint density at radius 2 is 1.88 bits per heavy atom. The predicted octanol–water partition coefficient (Wildman–Crippen LogP) is 3.88. The van der Waals surface area contributed by atoms with Gasteiger partial charge < -0.3 is 0 Å². The topological polar surface area (TPSA) is 114 Å². The maximum Gasteiger partial charge on any atom is 0.404 e. The Morgan fingerprint density at radius 3 is 2.41 bits per heavy atom. The summed E-state index contributed by atoms with van der Waals surface area (Å²) in [4.78, 5) is 12.3. The number of nitrogens with zero attached hydrogens (tertiary/aromatic N) is 5. The quantitative estimate of drug-likeness (QED) is 0.566. The normalized spacial score (nSPS) is 16.7. The summed E-state index contributed by atoms with van der Waals surface area (Å²) in [5.41, 5.74) is 2.93. The summed E-state index contributed by atoms with van der Waals surface area (Å²) in [5.74, 6) is 0.469. The monoisotopic (exact) mass is 486 g/mol. The molecule has 174 valence electrons. The van der Waals surface area contributed by atoms with Gasteiger partial charge in [-0.3, -0.25) is 4.57 Å². The van der Waals surface area contributed by atoms with Crippen LogP contribution in [0.4, 0.5) is 13.2 Å². The number of halogens is 3. The number of pyridine rings is 1. The lowest BCUT2D eigenvalue weighted by Crippen LogP contribution is -2.43. The smallest absolute Gasteiger partial charge is 0.290 e. The average Bonchev–Trinajstić information content (AvgIpc) is 3.55. The number of alkyl halides is 3. The Kier molecular flexibility index (Phi) is 5.07. The van der Waals surface area contributed by atoms with Gasteiger partial charge in [0.05, 0.1) is 18.0 Å². The highest BCUT2D eigenvalue weighted by Crippen LogP contribution is 2.42. The van der Waals surface area contributed by atoms with Gasteiger partial charge in [-0.2, -0.15) is 23.2 Å². The van der Waals surface area contributed by atoms with Crippen molar-refractivity contribution in [2.24, 2.45) is 0 Å². The third-order valence-corrected chi connectivity index (χ3v) is 7.25. The number of sulfonamides is 1. The largest absolute Gasteiger partial charge is 0.404 e. The van der Waals surface area contributed by atoms with E-state index in [9.17, 15) is 26.9 Å². The number of hydrogen-bond donors (Lipinski definition) is 1. The second-order valence-electron chi connectivity index (χ2n) is 8.16. The molecule has 1 fully saturated rings. The van der Waals surface area contributed by atoms with Crippen molar-refractivity contribution < 1.29 is 21.6 Å². The van der Waals surface area contributed by atoms with Crippen molar-refractivity contribution in [2.45, 2.75) is 42.8 Å². The van der Waals surface area contributed by atoms with Crippen molar-refractivity contribution in [3.05, 3.63) is 54.0 Å². The minimum Gasteiger partial charge on any atom is -0.290 e. The molecule has 3 aromatic rings.